The Labute approximate surface area is 159 Å². The largest absolute Gasteiger partial charge is 0.361 e. The average Bonchev–Trinajstić information content (AvgIpc) is 3.31. The van der Waals surface area contributed by atoms with E-state index in [1.54, 1.807) is 6.20 Å². The monoisotopic (exact) mass is 377 g/mol. The van der Waals surface area contributed by atoms with Gasteiger partial charge in [-0.25, -0.2) is 4.39 Å². The molecule has 4 rings (SSSR count). The lowest BCUT2D eigenvalue weighted by Gasteiger charge is -2.07. The van der Waals surface area contributed by atoms with E-state index in [0.29, 0.717) is 5.69 Å². The van der Waals surface area contributed by atoms with Crippen molar-refractivity contribution in [3.8, 4) is 0 Å². The van der Waals surface area contributed by atoms with Crippen LogP contribution in [0.25, 0.3) is 10.9 Å². The number of fused-ring (bicyclic) bond motifs is 1. The van der Waals surface area contributed by atoms with Crippen molar-refractivity contribution in [2.45, 2.75) is 6.42 Å². The van der Waals surface area contributed by atoms with Gasteiger partial charge in [0, 0.05) is 22.8 Å². The number of nitrogens with zero attached hydrogens (tertiary/aromatic N) is 1. The number of hydrogen-bond donors (Lipinski definition) is 4. The fraction of sp³-hybridized carbons (Fsp3) is 0.0500. The Morgan fingerprint density at radius 2 is 1.82 bits per heavy atom. The average molecular weight is 377 g/mol. The maximum absolute atomic E-state index is 13.0. The topological polar surface area (TPSA) is 103 Å². The lowest BCUT2D eigenvalue weighted by molar-refractivity contribution is -0.115. The third kappa shape index (κ3) is 3.61. The van der Waals surface area contributed by atoms with E-state index in [2.05, 4.69) is 25.8 Å². The van der Waals surface area contributed by atoms with Gasteiger partial charge in [0.2, 0.25) is 5.91 Å². The summed E-state index contributed by atoms with van der Waals surface area (Å²) in [6.45, 7) is 0. The van der Waals surface area contributed by atoms with Crippen molar-refractivity contribution in [2.24, 2.45) is 0 Å². The minimum atomic E-state index is -0.494. The van der Waals surface area contributed by atoms with Gasteiger partial charge in [-0.2, -0.15) is 5.10 Å². The summed E-state index contributed by atoms with van der Waals surface area (Å²) >= 11 is 0. The molecule has 140 valence electrons. The number of H-pyrrole nitrogens is 2. The quantitative estimate of drug-likeness (QED) is 0.428. The summed E-state index contributed by atoms with van der Waals surface area (Å²) in [6, 6.07) is 13.1. The first-order valence-corrected chi connectivity index (χ1v) is 8.55. The molecule has 4 N–H and O–H groups in total. The first-order valence-electron chi connectivity index (χ1n) is 8.55. The van der Waals surface area contributed by atoms with Crippen molar-refractivity contribution in [2.75, 3.05) is 10.6 Å². The lowest BCUT2D eigenvalue weighted by atomic mass is 10.1. The van der Waals surface area contributed by atoms with Crippen LogP contribution in [0.15, 0.2) is 60.9 Å². The molecule has 2 amide bonds. The fourth-order valence-electron chi connectivity index (χ4n) is 2.93. The standard InChI is InChI=1S/C20H16FN5O2/c21-13-5-7-14(8-6-13)24-20(28)19-17(11-23-26-19)25-18(27)9-12-10-22-16-4-2-1-3-15(12)16/h1-8,10-11,22H,9H2,(H,23,26)(H,24,28)(H,25,27). The van der Waals surface area contributed by atoms with Crippen LogP contribution in [0.2, 0.25) is 0 Å². The molecule has 2 aromatic carbocycles. The summed E-state index contributed by atoms with van der Waals surface area (Å²) in [6.07, 6.45) is 3.31. The summed E-state index contributed by atoms with van der Waals surface area (Å²) < 4.78 is 13.0. The molecular formula is C20H16FN5O2. The highest BCUT2D eigenvalue weighted by atomic mass is 19.1. The third-order valence-corrected chi connectivity index (χ3v) is 4.27. The van der Waals surface area contributed by atoms with Crippen LogP contribution < -0.4 is 10.6 Å². The van der Waals surface area contributed by atoms with Gasteiger partial charge < -0.3 is 15.6 Å². The number of aromatic nitrogens is 3. The van der Waals surface area contributed by atoms with Crippen molar-refractivity contribution in [1.82, 2.24) is 15.2 Å². The molecular weight excluding hydrogens is 361 g/mol. The van der Waals surface area contributed by atoms with E-state index in [1.807, 2.05) is 24.3 Å². The molecule has 8 heteroatoms. The molecule has 4 aromatic rings. The number of benzene rings is 2. The van der Waals surface area contributed by atoms with Gasteiger partial charge in [-0.1, -0.05) is 18.2 Å². The number of rotatable bonds is 5. The van der Waals surface area contributed by atoms with E-state index in [-0.39, 0.29) is 23.7 Å². The van der Waals surface area contributed by atoms with Crippen LogP contribution in [0.3, 0.4) is 0 Å². The SMILES string of the molecule is O=C(Cc1c[nH]c2ccccc12)Nc1cn[nH]c1C(=O)Nc1ccc(F)cc1. The van der Waals surface area contributed by atoms with Crippen molar-refractivity contribution in [3.63, 3.8) is 0 Å². The van der Waals surface area contributed by atoms with Crippen LogP contribution in [0.1, 0.15) is 16.1 Å². The second-order valence-electron chi connectivity index (χ2n) is 6.20. The summed E-state index contributed by atoms with van der Waals surface area (Å²) in [5.74, 6) is -1.17. The molecule has 0 aliphatic heterocycles. The lowest BCUT2D eigenvalue weighted by Crippen LogP contribution is -2.19. The van der Waals surface area contributed by atoms with Crippen LogP contribution in [-0.4, -0.2) is 27.0 Å². The molecule has 0 bridgehead atoms. The van der Waals surface area contributed by atoms with Gasteiger partial charge in [0.25, 0.3) is 5.91 Å². The normalized spacial score (nSPS) is 10.8. The van der Waals surface area contributed by atoms with E-state index in [4.69, 9.17) is 0 Å². The molecule has 0 unspecified atom stereocenters. The van der Waals surface area contributed by atoms with E-state index in [1.165, 1.54) is 30.5 Å². The highest BCUT2D eigenvalue weighted by Crippen LogP contribution is 2.20. The highest BCUT2D eigenvalue weighted by molar-refractivity contribution is 6.09. The van der Waals surface area contributed by atoms with Gasteiger partial charge in [0.15, 0.2) is 0 Å². The van der Waals surface area contributed by atoms with Gasteiger partial charge in [-0.15, -0.1) is 0 Å². The molecule has 0 saturated carbocycles. The van der Waals surface area contributed by atoms with E-state index in [0.717, 1.165) is 16.5 Å². The fourth-order valence-corrected chi connectivity index (χ4v) is 2.93. The van der Waals surface area contributed by atoms with Gasteiger partial charge in [0.05, 0.1) is 18.3 Å². The number of carbonyl (C=O) groups is 2. The summed E-state index contributed by atoms with van der Waals surface area (Å²) in [5, 5.41) is 12.7. The predicted molar refractivity (Wildman–Crippen MR) is 104 cm³/mol. The summed E-state index contributed by atoms with van der Waals surface area (Å²) in [5.41, 5.74) is 2.61. The van der Waals surface area contributed by atoms with Crippen molar-refractivity contribution in [3.05, 3.63) is 78.0 Å². The Hall–Kier alpha value is -3.94. The van der Waals surface area contributed by atoms with E-state index < -0.39 is 11.7 Å². The summed E-state index contributed by atoms with van der Waals surface area (Å²) in [4.78, 5) is 28.0. The van der Waals surface area contributed by atoms with Crippen molar-refractivity contribution < 1.29 is 14.0 Å². The van der Waals surface area contributed by atoms with Crippen LogP contribution in [0, 0.1) is 5.82 Å². The van der Waals surface area contributed by atoms with E-state index in [9.17, 15) is 14.0 Å². The first kappa shape index (κ1) is 17.5. The smallest absolute Gasteiger partial charge is 0.275 e. The maximum Gasteiger partial charge on any atom is 0.275 e. The number of nitrogens with one attached hydrogen (secondary N) is 4. The maximum atomic E-state index is 13.0. The van der Waals surface area contributed by atoms with Crippen molar-refractivity contribution >= 4 is 34.1 Å². The Morgan fingerprint density at radius 3 is 2.64 bits per heavy atom. The number of hydrogen-bond acceptors (Lipinski definition) is 3. The van der Waals surface area contributed by atoms with Crippen LogP contribution in [0.4, 0.5) is 15.8 Å². The Bertz CT molecular complexity index is 1150. The number of halogens is 1. The summed E-state index contributed by atoms with van der Waals surface area (Å²) in [7, 11) is 0. The molecule has 0 saturated heterocycles. The Morgan fingerprint density at radius 1 is 1.04 bits per heavy atom. The second-order valence-corrected chi connectivity index (χ2v) is 6.20. The van der Waals surface area contributed by atoms with Crippen LogP contribution >= 0.6 is 0 Å². The van der Waals surface area contributed by atoms with Gasteiger partial charge in [-0.05, 0) is 35.9 Å². The molecule has 0 aliphatic carbocycles. The molecule has 0 atom stereocenters. The number of carbonyl (C=O) groups excluding carboxylic acids is 2. The Balaban J connectivity index is 1.45. The minimum absolute atomic E-state index is 0.108. The number of amides is 2. The van der Waals surface area contributed by atoms with Crippen LogP contribution in [-0.2, 0) is 11.2 Å². The molecule has 0 aliphatic rings. The third-order valence-electron chi connectivity index (χ3n) is 4.27. The van der Waals surface area contributed by atoms with Gasteiger partial charge >= 0.3 is 0 Å². The zero-order chi connectivity index (χ0) is 19.5. The molecule has 0 spiro atoms. The zero-order valence-electron chi connectivity index (χ0n) is 14.6. The molecule has 0 fully saturated rings. The van der Waals surface area contributed by atoms with Gasteiger partial charge in [-0.3, -0.25) is 14.7 Å². The molecule has 28 heavy (non-hydrogen) atoms. The number of para-hydroxylation sites is 1. The first-order chi connectivity index (χ1) is 13.6. The number of anilines is 2. The highest BCUT2D eigenvalue weighted by Gasteiger charge is 2.17. The van der Waals surface area contributed by atoms with Crippen LogP contribution in [0.5, 0.6) is 0 Å². The molecule has 2 heterocycles. The van der Waals surface area contributed by atoms with Gasteiger partial charge in [0.1, 0.15) is 11.5 Å². The van der Waals surface area contributed by atoms with E-state index >= 15 is 0 Å². The zero-order valence-corrected chi connectivity index (χ0v) is 14.6. The van der Waals surface area contributed by atoms with Crippen molar-refractivity contribution in [1.29, 1.82) is 0 Å². The Kier molecular flexibility index (Phi) is 4.59. The molecule has 0 radical (unpaired) electrons. The predicted octanol–water partition coefficient (Wildman–Crippen LogP) is 3.46. The molecule has 2 aromatic heterocycles. The molecule has 7 nitrogen and oxygen atoms in total. The second kappa shape index (κ2) is 7.36. The number of aromatic amines is 2. The minimum Gasteiger partial charge on any atom is -0.361 e.